The average Bonchev–Trinajstić information content (AvgIpc) is 3.13. The maximum absolute atomic E-state index is 13.2. The molecule has 1 amide bonds. The molecule has 4 rings (SSSR count). The number of nitrogens with one attached hydrogen (secondary N) is 1. The van der Waals surface area contributed by atoms with Gasteiger partial charge in [0, 0.05) is 18.9 Å². The van der Waals surface area contributed by atoms with Crippen molar-refractivity contribution in [2.24, 2.45) is 7.05 Å². The van der Waals surface area contributed by atoms with Crippen molar-refractivity contribution in [2.75, 3.05) is 5.32 Å². The number of benzene rings is 2. The number of nitrogens with zero attached hydrogens (tertiary/aromatic N) is 4. The molecule has 9 heteroatoms. The Bertz CT molecular complexity index is 1380. The second kappa shape index (κ2) is 8.02. The highest BCUT2D eigenvalue weighted by atomic mass is 19.1. The van der Waals surface area contributed by atoms with Crippen LogP contribution in [0.5, 0.6) is 0 Å². The molecule has 31 heavy (non-hydrogen) atoms. The molecule has 0 unspecified atom stereocenters. The number of amides is 1. The minimum absolute atomic E-state index is 0.0654. The van der Waals surface area contributed by atoms with Crippen molar-refractivity contribution in [3.8, 4) is 0 Å². The van der Waals surface area contributed by atoms with Crippen molar-refractivity contribution in [3.05, 3.63) is 92.5 Å². The summed E-state index contributed by atoms with van der Waals surface area (Å²) in [7, 11) is 1.63. The Balaban J connectivity index is 1.74. The van der Waals surface area contributed by atoms with Crippen LogP contribution in [0.15, 0.2) is 64.3 Å². The molecule has 0 aliphatic carbocycles. The lowest BCUT2D eigenvalue weighted by Gasteiger charge is -2.12. The van der Waals surface area contributed by atoms with Gasteiger partial charge in [0.2, 0.25) is 5.91 Å². The van der Waals surface area contributed by atoms with E-state index in [0.29, 0.717) is 11.3 Å². The number of carbonyl (C=O) groups is 1. The Kier molecular flexibility index (Phi) is 5.24. The summed E-state index contributed by atoms with van der Waals surface area (Å²) < 4.78 is 16.9. The number of hydrogen-bond acceptors (Lipinski definition) is 4. The summed E-state index contributed by atoms with van der Waals surface area (Å²) in [6.45, 7) is 1.58. The molecule has 4 aromatic rings. The molecule has 2 aromatic heterocycles. The third kappa shape index (κ3) is 4.16. The number of carbonyl (C=O) groups excluding carboxylic acids is 1. The first-order valence-corrected chi connectivity index (χ1v) is 9.60. The normalized spacial score (nSPS) is 11.1. The second-order valence-electron chi connectivity index (χ2n) is 7.34. The molecule has 0 saturated heterocycles. The number of aryl methyl sites for hydroxylation is 2. The number of rotatable bonds is 5. The van der Waals surface area contributed by atoms with E-state index in [1.165, 1.54) is 39.7 Å². The van der Waals surface area contributed by atoms with Crippen LogP contribution in [0.2, 0.25) is 0 Å². The topological polar surface area (TPSA) is 90.9 Å². The van der Waals surface area contributed by atoms with E-state index in [0.717, 1.165) is 10.1 Å². The number of fused-ring (bicyclic) bond motifs is 1. The molecule has 0 spiro atoms. The Morgan fingerprint density at radius 2 is 1.71 bits per heavy atom. The molecule has 158 valence electrons. The molecule has 0 fully saturated rings. The molecule has 1 N–H and O–H groups in total. The van der Waals surface area contributed by atoms with Gasteiger partial charge in [-0.25, -0.2) is 9.18 Å². The van der Waals surface area contributed by atoms with E-state index in [9.17, 15) is 18.8 Å². The summed E-state index contributed by atoms with van der Waals surface area (Å²) in [5.74, 6) is -0.829. The number of halogens is 1. The van der Waals surface area contributed by atoms with Crippen molar-refractivity contribution in [1.82, 2.24) is 18.9 Å². The molecule has 2 heterocycles. The van der Waals surface area contributed by atoms with Crippen LogP contribution in [-0.2, 0) is 24.9 Å². The van der Waals surface area contributed by atoms with Crippen molar-refractivity contribution in [1.29, 1.82) is 0 Å². The third-order valence-electron chi connectivity index (χ3n) is 4.90. The number of aromatic nitrogens is 4. The highest BCUT2D eigenvalue weighted by molar-refractivity contribution is 5.91. The number of anilines is 1. The molecule has 2 aromatic carbocycles. The van der Waals surface area contributed by atoms with E-state index in [1.807, 2.05) is 19.1 Å². The minimum atomic E-state index is -0.645. The predicted molar refractivity (Wildman–Crippen MR) is 115 cm³/mol. The van der Waals surface area contributed by atoms with Crippen LogP contribution in [0, 0.1) is 12.7 Å². The summed E-state index contributed by atoms with van der Waals surface area (Å²) in [4.78, 5) is 38.7. The van der Waals surface area contributed by atoms with E-state index < -0.39 is 23.0 Å². The van der Waals surface area contributed by atoms with E-state index in [2.05, 4.69) is 10.4 Å². The van der Waals surface area contributed by atoms with Gasteiger partial charge in [0.25, 0.3) is 5.56 Å². The summed E-state index contributed by atoms with van der Waals surface area (Å²) in [5.41, 5.74) is 1.37. The van der Waals surface area contributed by atoms with Gasteiger partial charge in [-0.05, 0) is 36.8 Å². The van der Waals surface area contributed by atoms with Crippen LogP contribution in [0.25, 0.3) is 11.0 Å². The van der Waals surface area contributed by atoms with Crippen molar-refractivity contribution < 1.29 is 9.18 Å². The zero-order chi connectivity index (χ0) is 22.1. The first-order valence-electron chi connectivity index (χ1n) is 9.60. The Morgan fingerprint density at radius 3 is 2.39 bits per heavy atom. The Labute approximate surface area is 176 Å². The quantitative estimate of drug-likeness (QED) is 0.534. The molecule has 0 bridgehead atoms. The van der Waals surface area contributed by atoms with Gasteiger partial charge < -0.3 is 5.32 Å². The van der Waals surface area contributed by atoms with Crippen LogP contribution in [0.3, 0.4) is 0 Å². The first-order chi connectivity index (χ1) is 14.8. The molecule has 8 nitrogen and oxygen atoms in total. The van der Waals surface area contributed by atoms with E-state index in [4.69, 9.17) is 0 Å². The van der Waals surface area contributed by atoms with Crippen LogP contribution >= 0.6 is 0 Å². The molecule has 0 saturated carbocycles. The summed E-state index contributed by atoms with van der Waals surface area (Å²) in [6, 6.07) is 12.8. The van der Waals surface area contributed by atoms with Crippen LogP contribution in [0.4, 0.5) is 10.1 Å². The highest BCUT2D eigenvalue weighted by Gasteiger charge is 2.18. The molecule has 0 aliphatic heterocycles. The molecule has 0 aliphatic rings. The molecular formula is C22H20FN5O3. The SMILES string of the molecule is Cc1ccc(NC(=O)Cn2c(=O)n(Cc3ccc(F)cc3)c(=O)c3nn(C)cc32)cc1. The standard InChI is InChI=1S/C22H20FN5O3/c1-14-3-9-17(10-4-14)24-19(29)13-27-18-12-26(2)25-20(18)21(30)28(22(27)31)11-15-5-7-16(23)8-6-15/h3-10,12H,11,13H2,1-2H3,(H,24,29). The van der Waals surface area contributed by atoms with Gasteiger partial charge in [-0.15, -0.1) is 0 Å². The van der Waals surface area contributed by atoms with Gasteiger partial charge in [0.15, 0.2) is 5.52 Å². The van der Waals surface area contributed by atoms with Gasteiger partial charge >= 0.3 is 5.69 Å². The van der Waals surface area contributed by atoms with Gasteiger partial charge in [-0.1, -0.05) is 29.8 Å². The average molecular weight is 421 g/mol. The largest absolute Gasteiger partial charge is 0.332 e. The van der Waals surface area contributed by atoms with Crippen LogP contribution in [-0.4, -0.2) is 24.8 Å². The Morgan fingerprint density at radius 1 is 1.03 bits per heavy atom. The first kappa shape index (κ1) is 20.3. The summed E-state index contributed by atoms with van der Waals surface area (Å²) in [6.07, 6.45) is 1.53. The van der Waals surface area contributed by atoms with E-state index in [-0.39, 0.29) is 24.1 Å². The fourth-order valence-corrected chi connectivity index (χ4v) is 3.33. The van der Waals surface area contributed by atoms with Crippen molar-refractivity contribution >= 4 is 22.6 Å². The summed E-state index contributed by atoms with van der Waals surface area (Å²) >= 11 is 0. The molecule has 0 atom stereocenters. The fraction of sp³-hybridized carbons (Fsp3) is 0.182. The zero-order valence-electron chi connectivity index (χ0n) is 17.0. The van der Waals surface area contributed by atoms with Gasteiger partial charge in [0.1, 0.15) is 12.4 Å². The maximum Gasteiger partial charge on any atom is 0.332 e. The predicted octanol–water partition coefficient (Wildman–Crippen LogP) is 2.03. The fourth-order valence-electron chi connectivity index (χ4n) is 3.33. The molecule has 0 radical (unpaired) electrons. The highest BCUT2D eigenvalue weighted by Crippen LogP contribution is 2.10. The second-order valence-corrected chi connectivity index (χ2v) is 7.34. The number of hydrogen-bond donors (Lipinski definition) is 1. The van der Waals surface area contributed by atoms with Crippen LogP contribution in [0.1, 0.15) is 11.1 Å². The Hall–Kier alpha value is -4.01. The lowest BCUT2D eigenvalue weighted by atomic mass is 10.2. The summed E-state index contributed by atoms with van der Waals surface area (Å²) in [5, 5.41) is 6.92. The minimum Gasteiger partial charge on any atom is -0.325 e. The third-order valence-corrected chi connectivity index (χ3v) is 4.90. The van der Waals surface area contributed by atoms with Crippen molar-refractivity contribution in [3.63, 3.8) is 0 Å². The lowest BCUT2D eigenvalue weighted by Crippen LogP contribution is -2.41. The lowest BCUT2D eigenvalue weighted by molar-refractivity contribution is -0.116. The van der Waals surface area contributed by atoms with Gasteiger partial charge in [-0.2, -0.15) is 5.10 Å². The van der Waals surface area contributed by atoms with Gasteiger partial charge in [0.05, 0.1) is 12.1 Å². The maximum atomic E-state index is 13.2. The monoisotopic (exact) mass is 421 g/mol. The zero-order valence-corrected chi connectivity index (χ0v) is 17.0. The van der Waals surface area contributed by atoms with Crippen molar-refractivity contribution in [2.45, 2.75) is 20.0 Å². The van der Waals surface area contributed by atoms with E-state index in [1.54, 1.807) is 19.2 Å². The molecular weight excluding hydrogens is 401 g/mol. The van der Waals surface area contributed by atoms with Crippen LogP contribution < -0.4 is 16.6 Å². The van der Waals surface area contributed by atoms with E-state index >= 15 is 0 Å². The smallest absolute Gasteiger partial charge is 0.325 e. The van der Waals surface area contributed by atoms with Gasteiger partial charge in [-0.3, -0.25) is 23.4 Å².